The molecular formula is C19H24N2O. The smallest absolute Gasteiger partial charge is 0.317 e. The van der Waals surface area contributed by atoms with Gasteiger partial charge >= 0.3 is 6.03 Å². The highest BCUT2D eigenvalue weighted by molar-refractivity contribution is 5.73. The third-order valence-electron chi connectivity index (χ3n) is 3.93. The summed E-state index contributed by atoms with van der Waals surface area (Å²) in [5.41, 5.74) is 2.57. The van der Waals surface area contributed by atoms with E-state index in [0.29, 0.717) is 19.0 Å². The highest BCUT2D eigenvalue weighted by Crippen LogP contribution is 2.27. The van der Waals surface area contributed by atoms with Gasteiger partial charge in [-0.1, -0.05) is 60.7 Å². The van der Waals surface area contributed by atoms with Crippen LogP contribution in [0.5, 0.6) is 0 Å². The van der Waals surface area contributed by atoms with Crippen molar-refractivity contribution in [2.24, 2.45) is 0 Å². The molecule has 22 heavy (non-hydrogen) atoms. The number of hydrogen-bond donors (Lipinski definition) is 1. The molecule has 2 aromatic rings. The largest absolute Gasteiger partial charge is 0.338 e. The molecule has 3 nitrogen and oxygen atoms in total. The Balaban J connectivity index is 2.05. The summed E-state index contributed by atoms with van der Waals surface area (Å²) in [5, 5.41) is 2.99. The van der Waals surface area contributed by atoms with Gasteiger partial charge in [-0.25, -0.2) is 4.79 Å². The van der Waals surface area contributed by atoms with Crippen molar-refractivity contribution in [3.8, 4) is 0 Å². The fourth-order valence-electron chi connectivity index (χ4n) is 2.50. The van der Waals surface area contributed by atoms with Gasteiger partial charge in [0, 0.05) is 26.1 Å². The topological polar surface area (TPSA) is 32.3 Å². The number of urea groups is 1. The molecule has 0 aliphatic heterocycles. The van der Waals surface area contributed by atoms with E-state index in [4.69, 9.17) is 0 Å². The van der Waals surface area contributed by atoms with Gasteiger partial charge in [0.25, 0.3) is 0 Å². The minimum Gasteiger partial charge on any atom is -0.338 e. The molecule has 0 spiro atoms. The van der Waals surface area contributed by atoms with Crippen LogP contribution in [0.3, 0.4) is 0 Å². The van der Waals surface area contributed by atoms with Gasteiger partial charge in [-0.2, -0.15) is 0 Å². The van der Waals surface area contributed by atoms with Gasteiger partial charge in [-0.3, -0.25) is 0 Å². The maximum atomic E-state index is 11.8. The van der Waals surface area contributed by atoms with Crippen LogP contribution in [-0.2, 0) is 0 Å². The molecule has 0 fully saturated rings. The standard InChI is InChI=1S/C19H24N2O/c1-3-21(2)19(22)20-15-14-18(16-10-6-4-7-11-16)17-12-8-5-9-13-17/h4-13,18H,3,14-15H2,1-2H3,(H,20,22). The van der Waals surface area contributed by atoms with Gasteiger partial charge in [-0.15, -0.1) is 0 Å². The molecule has 2 rings (SSSR count). The minimum atomic E-state index is -0.0117. The van der Waals surface area contributed by atoms with Crippen molar-refractivity contribution in [3.63, 3.8) is 0 Å². The zero-order chi connectivity index (χ0) is 15.8. The molecule has 0 atom stereocenters. The summed E-state index contributed by atoms with van der Waals surface area (Å²) >= 11 is 0. The quantitative estimate of drug-likeness (QED) is 0.862. The van der Waals surface area contributed by atoms with Crippen molar-refractivity contribution in [3.05, 3.63) is 71.8 Å². The Bertz CT molecular complexity index is 529. The monoisotopic (exact) mass is 296 g/mol. The number of carbonyl (C=O) groups is 1. The number of carbonyl (C=O) groups excluding carboxylic acids is 1. The van der Waals surface area contributed by atoms with Gasteiger partial charge in [-0.05, 0) is 24.5 Å². The number of nitrogens with zero attached hydrogens (tertiary/aromatic N) is 1. The average molecular weight is 296 g/mol. The Morgan fingerprint density at radius 3 is 1.95 bits per heavy atom. The summed E-state index contributed by atoms with van der Waals surface area (Å²) in [6.45, 7) is 3.35. The summed E-state index contributed by atoms with van der Waals surface area (Å²) < 4.78 is 0. The van der Waals surface area contributed by atoms with Crippen LogP contribution >= 0.6 is 0 Å². The maximum absolute atomic E-state index is 11.8. The minimum absolute atomic E-state index is 0.0117. The zero-order valence-electron chi connectivity index (χ0n) is 13.3. The van der Waals surface area contributed by atoms with E-state index in [1.54, 1.807) is 11.9 Å². The highest BCUT2D eigenvalue weighted by Gasteiger charge is 2.14. The van der Waals surface area contributed by atoms with Crippen LogP contribution in [0.2, 0.25) is 0 Å². The number of benzene rings is 2. The lowest BCUT2D eigenvalue weighted by Crippen LogP contribution is -2.37. The third-order valence-corrected chi connectivity index (χ3v) is 3.93. The lowest BCUT2D eigenvalue weighted by Gasteiger charge is -2.20. The first-order valence-electron chi connectivity index (χ1n) is 7.81. The lowest BCUT2D eigenvalue weighted by atomic mass is 9.88. The highest BCUT2D eigenvalue weighted by atomic mass is 16.2. The summed E-state index contributed by atoms with van der Waals surface area (Å²) in [5.74, 6) is 0.301. The van der Waals surface area contributed by atoms with Crippen LogP contribution < -0.4 is 5.32 Å². The molecule has 2 aromatic carbocycles. The van der Waals surface area contributed by atoms with Crippen LogP contribution in [0.1, 0.15) is 30.4 Å². The molecule has 0 aromatic heterocycles. The van der Waals surface area contributed by atoms with Gasteiger partial charge < -0.3 is 10.2 Å². The Morgan fingerprint density at radius 1 is 1.00 bits per heavy atom. The first-order valence-corrected chi connectivity index (χ1v) is 7.81. The molecule has 0 aliphatic carbocycles. The number of nitrogens with one attached hydrogen (secondary N) is 1. The summed E-state index contributed by atoms with van der Waals surface area (Å²) in [6.07, 6.45) is 0.886. The van der Waals surface area contributed by atoms with Crippen LogP contribution in [0, 0.1) is 0 Å². The molecular weight excluding hydrogens is 272 g/mol. The average Bonchev–Trinajstić information content (AvgIpc) is 2.59. The second-order valence-corrected chi connectivity index (χ2v) is 5.41. The van der Waals surface area contributed by atoms with Gasteiger partial charge in [0.1, 0.15) is 0 Å². The second kappa shape index (κ2) is 8.23. The molecule has 0 saturated carbocycles. The lowest BCUT2D eigenvalue weighted by molar-refractivity contribution is 0.211. The van der Waals surface area contributed by atoms with Crippen LogP contribution in [-0.4, -0.2) is 31.1 Å². The maximum Gasteiger partial charge on any atom is 0.317 e. The molecule has 0 heterocycles. The Labute approximate surface area is 133 Å². The SMILES string of the molecule is CCN(C)C(=O)NCCC(c1ccccc1)c1ccccc1. The predicted octanol–water partition coefficient (Wildman–Crippen LogP) is 3.87. The molecule has 0 saturated heterocycles. The number of rotatable bonds is 6. The first-order chi connectivity index (χ1) is 10.7. The normalized spacial score (nSPS) is 10.5. The zero-order valence-corrected chi connectivity index (χ0v) is 13.3. The number of amides is 2. The predicted molar refractivity (Wildman–Crippen MR) is 91.0 cm³/mol. The summed E-state index contributed by atoms with van der Waals surface area (Å²) in [6, 6.07) is 20.9. The van der Waals surface area contributed by atoms with E-state index in [1.165, 1.54) is 11.1 Å². The van der Waals surface area contributed by atoms with Crippen LogP contribution in [0.4, 0.5) is 4.79 Å². The molecule has 0 aliphatic rings. The third kappa shape index (κ3) is 4.35. The van der Waals surface area contributed by atoms with Gasteiger partial charge in [0.15, 0.2) is 0 Å². The second-order valence-electron chi connectivity index (χ2n) is 5.41. The molecule has 3 heteroatoms. The van der Waals surface area contributed by atoms with E-state index in [9.17, 15) is 4.79 Å². The van der Waals surface area contributed by atoms with Crippen LogP contribution in [0.15, 0.2) is 60.7 Å². The van der Waals surface area contributed by atoms with E-state index < -0.39 is 0 Å². The summed E-state index contributed by atoms with van der Waals surface area (Å²) in [4.78, 5) is 13.5. The molecule has 1 N–H and O–H groups in total. The van der Waals surface area contributed by atoms with E-state index in [-0.39, 0.29) is 6.03 Å². The first kappa shape index (κ1) is 16.1. The van der Waals surface area contributed by atoms with Crippen LogP contribution in [0.25, 0.3) is 0 Å². The van der Waals surface area contributed by atoms with Crippen molar-refractivity contribution < 1.29 is 4.79 Å². The van der Waals surface area contributed by atoms with Crippen molar-refractivity contribution in [1.82, 2.24) is 10.2 Å². The van der Waals surface area contributed by atoms with Gasteiger partial charge in [0.05, 0.1) is 0 Å². The fourth-order valence-corrected chi connectivity index (χ4v) is 2.50. The van der Waals surface area contributed by atoms with E-state index in [2.05, 4.69) is 53.8 Å². The molecule has 116 valence electrons. The van der Waals surface area contributed by atoms with Gasteiger partial charge in [0.2, 0.25) is 0 Å². The Kier molecular flexibility index (Phi) is 6.01. The number of hydrogen-bond acceptors (Lipinski definition) is 1. The molecule has 0 radical (unpaired) electrons. The fraction of sp³-hybridized carbons (Fsp3) is 0.316. The van der Waals surface area contributed by atoms with Crippen molar-refractivity contribution in [2.75, 3.05) is 20.1 Å². The Morgan fingerprint density at radius 2 is 1.50 bits per heavy atom. The Hall–Kier alpha value is -2.29. The molecule has 2 amide bonds. The summed E-state index contributed by atoms with van der Waals surface area (Å²) in [7, 11) is 1.81. The van der Waals surface area contributed by atoms with Crippen molar-refractivity contribution >= 4 is 6.03 Å². The van der Waals surface area contributed by atoms with Crippen molar-refractivity contribution in [2.45, 2.75) is 19.3 Å². The van der Waals surface area contributed by atoms with E-state index >= 15 is 0 Å². The molecule has 0 unspecified atom stereocenters. The van der Waals surface area contributed by atoms with Crippen molar-refractivity contribution in [1.29, 1.82) is 0 Å². The molecule has 0 bridgehead atoms. The van der Waals surface area contributed by atoms with E-state index in [0.717, 1.165) is 6.42 Å². The van der Waals surface area contributed by atoms with E-state index in [1.807, 2.05) is 19.1 Å².